The lowest BCUT2D eigenvalue weighted by molar-refractivity contribution is -0.156. The van der Waals surface area contributed by atoms with Gasteiger partial charge in [0.25, 0.3) is 0 Å². The molecule has 1 aliphatic heterocycles. The molecule has 94 valence electrons. The van der Waals surface area contributed by atoms with E-state index in [9.17, 15) is 4.79 Å². The Morgan fingerprint density at radius 3 is 2.94 bits per heavy atom. The van der Waals surface area contributed by atoms with Gasteiger partial charge in [-0.1, -0.05) is 0 Å². The third kappa shape index (κ3) is 2.88. The number of hydrogen-bond acceptors (Lipinski definition) is 6. The summed E-state index contributed by atoms with van der Waals surface area (Å²) in [5.74, 6) is 0.504. The summed E-state index contributed by atoms with van der Waals surface area (Å²) in [6, 6.07) is -0.316. The van der Waals surface area contributed by atoms with Crippen LogP contribution in [0.25, 0.3) is 0 Å². The van der Waals surface area contributed by atoms with Gasteiger partial charge in [-0.15, -0.1) is 11.3 Å². The van der Waals surface area contributed by atoms with Crippen LogP contribution in [0.4, 0.5) is 10.9 Å². The van der Waals surface area contributed by atoms with Crippen molar-refractivity contribution in [2.24, 2.45) is 0 Å². The zero-order chi connectivity index (χ0) is 12.6. The van der Waals surface area contributed by atoms with E-state index in [0.29, 0.717) is 5.13 Å². The number of nitrogens with two attached hydrogens (primary N) is 1. The molecular weight excluding hydrogens is 238 g/mol. The molecule has 0 saturated carbocycles. The number of aromatic nitrogens is 1. The molecular formula is C11H17N3O2S. The molecule has 5 nitrogen and oxygen atoms in total. The van der Waals surface area contributed by atoms with Crippen molar-refractivity contribution in [3.05, 3.63) is 4.88 Å². The van der Waals surface area contributed by atoms with Crippen molar-refractivity contribution < 1.29 is 9.53 Å². The van der Waals surface area contributed by atoms with E-state index >= 15 is 0 Å². The molecule has 0 amide bonds. The number of nitrogen functional groups attached to an aromatic ring is 1. The lowest BCUT2D eigenvalue weighted by atomic mass is 10.1. The van der Waals surface area contributed by atoms with Crippen LogP contribution in [-0.2, 0) is 16.0 Å². The number of carbonyl (C=O) groups excluding carboxylic acids is 1. The molecule has 2 heterocycles. The zero-order valence-corrected chi connectivity index (χ0v) is 11.1. The second-order valence-electron chi connectivity index (χ2n) is 5.09. The number of thiazole rings is 1. The predicted octanol–water partition coefficient (Wildman–Crippen LogP) is 1.79. The molecule has 2 rings (SSSR count). The minimum absolute atomic E-state index is 0.227. The van der Waals surface area contributed by atoms with Gasteiger partial charge in [0.2, 0.25) is 0 Å². The number of fused-ring (bicyclic) bond motifs is 1. The van der Waals surface area contributed by atoms with Gasteiger partial charge in [-0.25, -0.2) is 9.78 Å². The molecule has 6 heteroatoms. The lowest BCUT2D eigenvalue weighted by Crippen LogP contribution is -2.38. The molecule has 0 saturated heterocycles. The first-order valence-electron chi connectivity index (χ1n) is 5.60. The maximum atomic E-state index is 11.9. The molecule has 17 heavy (non-hydrogen) atoms. The largest absolute Gasteiger partial charge is 0.458 e. The fraction of sp³-hybridized carbons (Fsp3) is 0.636. The molecule has 0 bridgehead atoms. The van der Waals surface area contributed by atoms with E-state index in [1.165, 1.54) is 11.3 Å². The maximum Gasteiger partial charge on any atom is 0.329 e. The number of esters is 1. The Hall–Kier alpha value is -1.30. The summed E-state index contributed by atoms with van der Waals surface area (Å²) >= 11 is 1.47. The van der Waals surface area contributed by atoms with Gasteiger partial charge in [-0.05, 0) is 33.6 Å². The van der Waals surface area contributed by atoms with E-state index in [4.69, 9.17) is 10.5 Å². The Kier molecular flexibility index (Phi) is 2.99. The van der Waals surface area contributed by atoms with Gasteiger partial charge in [0.05, 0.1) is 4.88 Å². The first-order chi connectivity index (χ1) is 7.85. The minimum Gasteiger partial charge on any atom is -0.458 e. The van der Waals surface area contributed by atoms with Gasteiger partial charge in [0.15, 0.2) is 5.13 Å². The average molecular weight is 255 g/mol. The molecule has 0 fully saturated rings. The van der Waals surface area contributed by atoms with E-state index in [0.717, 1.165) is 23.5 Å². The van der Waals surface area contributed by atoms with Crippen LogP contribution in [0, 0.1) is 0 Å². The van der Waals surface area contributed by atoms with Crippen molar-refractivity contribution in [3.63, 3.8) is 0 Å². The standard InChI is InChI=1S/C11H17N3O2S/c1-11(2,3)16-9(15)6-4-5-7-8(13-6)14-10(12)17-7/h6,13H,4-5H2,1-3H3,(H2,12,14). The molecule has 1 unspecified atom stereocenters. The number of nitrogens with zero attached hydrogens (tertiary/aromatic N) is 1. The van der Waals surface area contributed by atoms with E-state index in [-0.39, 0.29) is 12.0 Å². The highest BCUT2D eigenvalue weighted by Crippen LogP contribution is 2.31. The normalized spacial score (nSPS) is 19.4. The van der Waals surface area contributed by atoms with E-state index < -0.39 is 5.60 Å². The van der Waals surface area contributed by atoms with Crippen LogP contribution in [0.15, 0.2) is 0 Å². The molecule has 1 aliphatic rings. The summed E-state index contributed by atoms with van der Waals surface area (Å²) in [7, 11) is 0. The number of carbonyl (C=O) groups is 1. The van der Waals surface area contributed by atoms with Crippen molar-refractivity contribution in [1.29, 1.82) is 0 Å². The topological polar surface area (TPSA) is 77.2 Å². The van der Waals surface area contributed by atoms with Gasteiger partial charge < -0.3 is 15.8 Å². The molecule has 0 aliphatic carbocycles. The van der Waals surface area contributed by atoms with Crippen LogP contribution in [0.3, 0.4) is 0 Å². The molecule has 0 spiro atoms. The fourth-order valence-corrected chi connectivity index (χ4v) is 2.52. The van der Waals surface area contributed by atoms with Crippen LogP contribution >= 0.6 is 11.3 Å². The highest BCUT2D eigenvalue weighted by molar-refractivity contribution is 7.15. The molecule has 3 N–H and O–H groups in total. The molecule has 1 aromatic rings. The second-order valence-corrected chi connectivity index (χ2v) is 6.21. The summed E-state index contributed by atoms with van der Waals surface area (Å²) in [5, 5.41) is 3.62. The Bertz CT molecular complexity index is 436. The van der Waals surface area contributed by atoms with Crippen molar-refractivity contribution in [3.8, 4) is 0 Å². The van der Waals surface area contributed by atoms with Gasteiger partial charge in [-0.2, -0.15) is 0 Å². The number of hydrogen-bond donors (Lipinski definition) is 2. The first-order valence-corrected chi connectivity index (χ1v) is 6.41. The minimum atomic E-state index is -0.458. The lowest BCUT2D eigenvalue weighted by Gasteiger charge is -2.26. The zero-order valence-electron chi connectivity index (χ0n) is 10.2. The fourth-order valence-electron chi connectivity index (χ4n) is 1.71. The van der Waals surface area contributed by atoms with Gasteiger partial charge in [0, 0.05) is 0 Å². The van der Waals surface area contributed by atoms with Gasteiger partial charge in [-0.3, -0.25) is 0 Å². The van der Waals surface area contributed by atoms with Gasteiger partial charge >= 0.3 is 5.97 Å². The molecule has 1 atom stereocenters. The second kappa shape index (κ2) is 4.18. The Morgan fingerprint density at radius 1 is 1.59 bits per heavy atom. The van der Waals surface area contributed by atoms with Crippen LogP contribution in [0.5, 0.6) is 0 Å². The van der Waals surface area contributed by atoms with Crippen LogP contribution in [-0.4, -0.2) is 22.6 Å². The summed E-state index contributed by atoms with van der Waals surface area (Å²) in [6.45, 7) is 5.58. The molecule has 1 aromatic heterocycles. The Morgan fingerprint density at radius 2 is 2.29 bits per heavy atom. The number of aryl methyl sites for hydroxylation is 1. The summed E-state index contributed by atoms with van der Waals surface area (Å²) < 4.78 is 5.34. The Labute approximate surface area is 104 Å². The smallest absolute Gasteiger partial charge is 0.329 e. The van der Waals surface area contributed by atoms with Crippen molar-refractivity contribution in [2.45, 2.75) is 45.3 Å². The highest BCUT2D eigenvalue weighted by atomic mass is 32.1. The van der Waals surface area contributed by atoms with E-state index in [1.807, 2.05) is 20.8 Å². The number of rotatable bonds is 1. The van der Waals surface area contributed by atoms with Crippen molar-refractivity contribution in [1.82, 2.24) is 4.98 Å². The van der Waals surface area contributed by atoms with Crippen LogP contribution in [0.2, 0.25) is 0 Å². The number of ether oxygens (including phenoxy) is 1. The average Bonchev–Trinajstić information content (AvgIpc) is 2.53. The third-order valence-electron chi connectivity index (χ3n) is 2.38. The molecule has 0 radical (unpaired) electrons. The highest BCUT2D eigenvalue weighted by Gasteiger charge is 2.30. The first kappa shape index (κ1) is 12.2. The number of anilines is 2. The summed E-state index contributed by atoms with van der Waals surface area (Å²) in [4.78, 5) is 17.2. The van der Waals surface area contributed by atoms with E-state index in [2.05, 4.69) is 10.3 Å². The predicted molar refractivity (Wildman–Crippen MR) is 68.1 cm³/mol. The van der Waals surface area contributed by atoms with Crippen molar-refractivity contribution >= 4 is 28.3 Å². The van der Waals surface area contributed by atoms with Crippen LogP contribution in [0.1, 0.15) is 32.1 Å². The summed E-state index contributed by atoms with van der Waals surface area (Å²) in [6.07, 6.45) is 1.55. The monoisotopic (exact) mass is 255 g/mol. The van der Waals surface area contributed by atoms with Crippen molar-refractivity contribution in [2.75, 3.05) is 11.1 Å². The van der Waals surface area contributed by atoms with Crippen LogP contribution < -0.4 is 11.1 Å². The van der Waals surface area contributed by atoms with Gasteiger partial charge in [0.1, 0.15) is 17.5 Å². The maximum absolute atomic E-state index is 11.9. The van der Waals surface area contributed by atoms with E-state index in [1.54, 1.807) is 0 Å². The SMILES string of the molecule is CC(C)(C)OC(=O)C1CCc2sc(N)nc2N1. The number of nitrogens with one attached hydrogen (secondary N) is 1. The quantitative estimate of drug-likeness (QED) is 0.748. The Balaban J connectivity index is 2.05. The third-order valence-corrected chi connectivity index (χ3v) is 3.32. The summed E-state index contributed by atoms with van der Waals surface area (Å²) in [5.41, 5.74) is 5.17. The molecule has 0 aromatic carbocycles.